The van der Waals surface area contributed by atoms with Gasteiger partial charge < -0.3 is 5.32 Å². The Labute approximate surface area is 117 Å². The van der Waals surface area contributed by atoms with Gasteiger partial charge >= 0.3 is 0 Å². The first-order valence-electron chi connectivity index (χ1n) is 5.14. The third kappa shape index (κ3) is 2.76. The van der Waals surface area contributed by atoms with E-state index in [1.165, 1.54) is 23.5 Å². The van der Waals surface area contributed by atoms with Crippen molar-refractivity contribution in [2.24, 2.45) is 0 Å². The highest BCUT2D eigenvalue weighted by Gasteiger charge is 2.15. The van der Waals surface area contributed by atoms with Gasteiger partial charge in [-0.2, -0.15) is 0 Å². The molecule has 0 amide bonds. The largest absolute Gasteiger partial charge is 0.376 e. The van der Waals surface area contributed by atoms with E-state index in [-0.39, 0.29) is 11.7 Å². The van der Waals surface area contributed by atoms with E-state index in [1.807, 2.05) is 0 Å². The zero-order valence-corrected chi connectivity index (χ0v) is 11.6. The summed E-state index contributed by atoms with van der Waals surface area (Å²) in [4.78, 5) is 0. The van der Waals surface area contributed by atoms with E-state index in [1.54, 1.807) is 13.0 Å². The number of nitrogens with one attached hydrogen (secondary N) is 1. The van der Waals surface area contributed by atoms with Crippen LogP contribution in [0.4, 0.5) is 14.5 Å². The Kier molecular flexibility index (Phi) is 4.10. The summed E-state index contributed by atoms with van der Waals surface area (Å²) in [6, 6.07) is 5.42. The SMILES string of the molecule is CC(Nc1cccc(F)c1F)c1cc(Cl)sc1Cl. The first-order chi connectivity index (χ1) is 8.49. The summed E-state index contributed by atoms with van der Waals surface area (Å²) in [5.41, 5.74) is 0.858. The lowest BCUT2D eigenvalue weighted by Crippen LogP contribution is -2.08. The molecule has 1 atom stereocenters. The molecular formula is C12H9Cl2F2NS. The predicted molar refractivity (Wildman–Crippen MR) is 72.7 cm³/mol. The summed E-state index contributed by atoms with van der Waals surface area (Å²) >= 11 is 13.1. The second kappa shape index (κ2) is 5.43. The van der Waals surface area contributed by atoms with Gasteiger partial charge in [0.05, 0.1) is 20.4 Å². The number of rotatable bonds is 3. The highest BCUT2D eigenvalue weighted by Crippen LogP contribution is 2.36. The zero-order valence-electron chi connectivity index (χ0n) is 9.31. The third-order valence-corrected chi connectivity index (χ3v) is 3.99. The molecule has 0 saturated carbocycles. The van der Waals surface area contributed by atoms with Crippen LogP contribution < -0.4 is 5.32 Å². The lowest BCUT2D eigenvalue weighted by atomic mass is 10.1. The van der Waals surface area contributed by atoms with Gasteiger partial charge in [0.2, 0.25) is 0 Å². The molecule has 1 N–H and O–H groups in total. The molecule has 0 aliphatic heterocycles. The fraction of sp³-hybridized carbons (Fsp3) is 0.167. The second-order valence-electron chi connectivity index (χ2n) is 3.75. The normalized spacial score (nSPS) is 12.5. The summed E-state index contributed by atoms with van der Waals surface area (Å²) in [7, 11) is 0. The topological polar surface area (TPSA) is 12.0 Å². The number of anilines is 1. The van der Waals surface area contributed by atoms with Gasteiger partial charge in [-0.3, -0.25) is 0 Å². The summed E-state index contributed by atoms with van der Waals surface area (Å²) in [5, 5.41) is 2.87. The fourth-order valence-corrected chi connectivity index (χ4v) is 3.22. The van der Waals surface area contributed by atoms with Gasteiger partial charge in [0.1, 0.15) is 0 Å². The van der Waals surface area contributed by atoms with Crippen LogP contribution in [0.25, 0.3) is 0 Å². The minimum atomic E-state index is -0.901. The molecule has 1 heterocycles. The molecule has 0 bridgehead atoms. The molecule has 0 aliphatic carbocycles. The van der Waals surface area contributed by atoms with Crippen LogP contribution in [0, 0.1) is 11.6 Å². The number of hydrogen-bond donors (Lipinski definition) is 1. The Morgan fingerprint density at radius 2 is 2.00 bits per heavy atom. The molecule has 0 spiro atoms. The Bertz CT molecular complexity index is 571. The molecule has 1 aromatic carbocycles. The Morgan fingerprint density at radius 3 is 2.61 bits per heavy atom. The maximum Gasteiger partial charge on any atom is 0.181 e. The van der Waals surface area contributed by atoms with Crippen molar-refractivity contribution in [2.45, 2.75) is 13.0 Å². The summed E-state index contributed by atoms with van der Waals surface area (Å²) in [6.45, 7) is 1.80. The van der Waals surface area contributed by atoms with Crippen LogP contribution in [-0.2, 0) is 0 Å². The van der Waals surface area contributed by atoms with Crippen molar-refractivity contribution < 1.29 is 8.78 Å². The van der Waals surface area contributed by atoms with Crippen molar-refractivity contribution in [3.8, 4) is 0 Å². The van der Waals surface area contributed by atoms with Gasteiger partial charge in [0, 0.05) is 5.56 Å². The molecule has 0 radical (unpaired) electrons. The predicted octanol–water partition coefficient (Wildman–Crippen LogP) is 5.51. The molecule has 1 aromatic heterocycles. The molecule has 18 heavy (non-hydrogen) atoms. The van der Waals surface area contributed by atoms with Crippen LogP contribution in [0.15, 0.2) is 24.3 Å². The van der Waals surface area contributed by atoms with Gasteiger partial charge in [-0.25, -0.2) is 8.78 Å². The standard InChI is InChI=1S/C12H9Cl2F2NS/c1-6(7-5-10(13)18-12(7)14)17-9-4-2-3-8(15)11(9)16/h2-6,17H,1H3. The third-order valence-electron chi connectivity index (χ3n) is 2.47. The molecule has 2 rings (SSSR count). The average Bonchev–Trinajstić information content (AvgIpc) is 2.64. The van der Waals surface area contributed by atoms with Gasteiger partial charge in [-0.15, -0.1) is 11.3 Å². The molecule has 96 valence electrons. The molecular weight excluding hydrogens is 299 g/mol. The minimum Gasteiger partial charge on any atom is -0.376 e. The molecule has 0 saturated heterocycles. The van der Waals surface area contributed by atoms with Crippen molar-refractivity contribution in [2.75, 3.05) is 5.32 Å². The lowest BCUT2D eigenvalue weighted by molar-refractivity contribution is 0.510. The van der Waals surface area contributed by atoms with Crippen LogP contribution in [0.5, 0.6) is 0 Å². The summed E-state index contributed by atoms with van der Waals surface area (Å²) in [6.07, 6.45) is 0. The van der Waals surface area contributed by atoms with Crippen LogP contribution in [0.3, 0.4) is 0 Å². The fourth-order valence-electron chi connectivity index (χ4n) is 1.57. The highest BCUT2D eigenvalue weighted by molar-refractivity contribution is 7.20. The smallest absolute Gasteiger partial charge is 0.181 e. The summed E-state index contributed by atoms with van der Waals surface area (Å²) in [5.74, 6) is -1.79. The van der Waals surface area contributed by atoms with Crippen LogP contribution in [0.1, 0.15) is 18.5 Å². The second-order valence-corrected chi connectivity index (χ2v) is 6.03. The van der Waals surface area contributed by atoms with E-state index in [4.69, 9.17) is 23.2 Å². The lowest BCUT2D eigenvalue weighted by Gasteiger charge is -2.15. The van der Waals surface area contributed by atoms with E-state index in [0.29, 0.717) is 8.67 Å². The van der Waals surface area contributed by atoms with E-state index in [2.05, 4.69) is 5.32 Å². The van der Waals surface area contributed by atoms with Gasteiger partial charge in [-0.05, 0) is 25.1 Å². The molecule has 1 unspecified atom stereocenters. The molecule has 0 aliphatic rings. The van der Waals surface area contributed by atoms with Gasteiger partial charge in [0.15, 0.2) is 11.6 Å². The van der Waals surface area contributed by atoms with E-state index < -0.39 is 11.6 Å². The van der Waals surface area contributed by atoms with E-state index in [9.17, 15) is 8.78 Å². The summed E-state index contributed by atoms with van der Waals surface area (Å²) < 4.78 is 27.6. The molecule has 6 heteroatoms. The first kappa shape index (κ1) is 13.6. The zero-order chi connectivity index (χ0) is 13.3. The Balaban J connectivity index is 2.24. The van der Waals surface area contributed by atoms with E-state index >= 15 is 0 Å². The first-order valence-corrected chi connectivity index (χ1v) is 6.71. The number of halogens is 4. The van der Waals surface area contributed by atoms with Crippen molar-refractivity contribution in [3.05, 3.63) is 50.1 Å². The van der Waals surface area contributed by atoms with E-state index in [0.717, 1.165) is 11.6 Å². The van der Waals surface area contributed by atoms with Crippen LogP contribution >= 0.6 is 34.5 Å². The average molecular weight is 308 g/mol. The van der Waals surface area contributed by atoms with Gasteiger partial charge in [0.25, 0.3) is 0 Å². The highest BCUT2D eigenvalue weighted by atomic mass is 35.5. The number of benzene rings is 1. The van der Waals surface area contributed by atoms with Crippen molar-refractivity contribution >= 4 is 40.2 Å². The molecule has 2 aromatic rings. The van der Waals surface area contributed by atoms with Crippen molar-refractivity contribution in [3.63, 3.8) is 0 Å². The number of hydrogen-bond acceptors (Lipinski definition) is 2. The minimum absolute atomic E-state index is 0.0980. The molecule has 0 fully saturated rings. The van der Waals surface area contributed by atoms with Crippen LogP contribution in [0.2, 0.25) is 8.67 Å². The number of thiophene rings is 1. The van der Waals surface area contributed by atoms with Gasteiger partial charge in [-0.1, -0.05) is 29.3 Å². The molecule has 1 nitrogen and oxygen atoms in total. The van der Waals surface area contributed by atoms with Crippen molar-refractivity contribution in [1.82, 2.24) is 0 Å². The Hall–Kier alpha value is -0.840. The Morgan fingerprint density at radius 1 is 1.28 bits per heavy atom. The monoisotopic (exact) mass is 307 g/mol. The maximum atomic E-state index is 13.5. The van der Waals surface area contributed by atoms with Crippen LogP contribution in [-0.4, -0.2) is 0 Å². The van der Waals surface area contributed by atoms with Crippen molar-refractivity contribution in [1.29, 1.82) is 0 Å². The maximum absolute atomic E-state index is 13.5. The quantitative estimate of drug-likeness (QED) is 0.788.